The molecule has 0 aliphatic heterocycles. The second-order valence-corrected chi connectivity index (χ2v) is 9.93. The highest BCUT2D eigenvalue weighted by molar-refractivity contribution is 7.11. The molecule has 8 heteroatoms. The van der Waals surface area contributed by atoms with Gasteiger partial charge in [0.15, 0.2) is 0 Å². The Morgan fingerprint density at radius 3 is 2.68 bits per heavy atom. The van der Waals surface area contributed by atoms with Crippen molar-refractivity contribution in [2.75, 3.05) is 11.9 Å². The number of anilines is 1. The average molecular weight is 522 g/mol. The molecule has 0 radical (unpaired) electrons. The molecule has 0 spiro atoms. The van der Waals surface area contributed by atoms with Gasteiger partial charge in [0, 0.05) is 22.7 Å². The topological polar surface area (TPSA) is 105 Å². The second kappa shape index (κ2) is 10.7. The second-order valence-electron chi connectivity index (χ2n) is 9.07. The van der Waals surface area contributed by atoms with Crippen LogP contribution in [0.15, 0.2) is 87.5 Å². The van der Waals surface area contributed by atoms with Crippen molar-refractivity contribution in [3.05, 3.63) is 99.3 Å². The molecule has 0 atom stereocenters. The molecule has 5 aromatic rings. The summed E-state index contributed by atoms with van der Waals surface area (Å²) in [6.45, 7) is 4.31. The summed E-state index contributed by atoms with van der Waals surface area (Å²) >= 11 is 1.26. The Morgan fingerprint density at radius 2 is 1.92 bits per heavy atom. The number of esters is 1. The van der Waals surface area contributed by atoms with E-state index in [4.69, 9.17) is 9.15 Å². The minimum absolute atomic E-state index is 0.261. The Balaban J connectivity index is 1.38. The fourth-order valence-electron chi connectivity index (χ4n) is 3.90. The van der Waals surface area contributed by atoms with Gasteiger partial charge in [-0.15, -0.1) is 11.3 Å². The van der Waals surface area contributed by atoms with Gasteiger partial charge in [-0.2, -0.15) is 5.26 Å². The molecule has 0 saturated carbocycles. The molecule has 0 aliphatic carbocycles. The fourth-order valence-corrected chi connectivity index (χ4v) is 4.68. The molecule has 2 heterocycles. The first-order chi connectivity index (χ1) is 18.4. The lowest BCUT2D eigenvalue weighted by Gasteiger charge is -2.07. The summed E-state index contributed by atoms with van der Waals surface area (Å²) in [4.78, 5) is 29.4. The Hall–Kier alpha value is -4.74. The number of ether oxygens (including phenoxy) is 1. The van der Waals surface area contributed by atoms with Crippen molar-refractivity contribution < 1.29 is 13.9 Å². The van der Waals surface area contributed by atoms with E-state index in [1.54, 1.807) is 48.0 Å². The van der Waals surface area contributed by atoms with Gasteiger partial charge in [-0.05, 0) is 53.1 Å². The van der Waals surface area contributed by atoms with E-state index in [9.17, 15) is 14.9 Å². The van der Waals surface area contributed by atoms with Crippen LogP contribution in [-0.2, 0) is 4.74 Å². The molecule has 2 aromatic heterocycles. The number of hydrogen-bond acceptors (Lipinski definition) is 8. The number of hydrogen-bond donors (Lipinski definition) is 1. The fraction of sp³-hybridized carbons (Fsp3) is 0.133. The summed E-state index contributed by atoms with van der Waals surface area (Å²) in [7, 11) is 0. The summed E-state index contributed by atoms with van der Waals surface area (Å²) in [5.41, 5.74) is 2.24. The van der Waals surface area contributed by atoms with E-state index in [1.807, 2.05) is 44.2 Å². The highest BCUT2D eigenvalue weighted by Gasteiger charge is 2.15. The molecule has 38 heavy (non-hydrogen) atoms. The van der Waals surface area contributed by atoms with Crippen LogP contribution in [0.2, 0.25) is 0 Å². The normalized spacial score (nSPS) is 11.6. The average Bonchev–Trinajstić information content (AvgIpc) is 3.41. The minimum atomic E-state index is -0.489. The first-order valence-corrected chi connectivity index (χ1v) is 12.9. The molecule has 0 unspecified atom stereocenters. The molecular weight excluding hydrogens is 498 g/mol. The molecule has 0 aliphatic rings. The number of thiazole rings is 1. The number of aromatic nitrogens is 1. The van der Waals surface area contributed by atoms with Crippen LogP contribution < -0.4 is 10.9 Å². The Bertz CT molecular complexity index is 1780. The first-order valence-electron chi connectivity index (χ1n) is 12.0. The van der Waals surface area contributed by atoms with Crippen molar-refractivity contribution >= 4 is 50.3 Å². The van der Waals surface area contributed by atoms with E-state index in [0.29, 0.717) is 45.3 Å². The molecule has 0 saturated heterocycles. The van der Waals surface area contributed by atoms with Crippen LogP contribution in [0.3, 0.4) is 0 Å². The smallest absolute Gasteiger partial charge is 0.345 e. The number of nitriles is 1. The maximum Gasteiger partial charge on any atom is 0.345 e. The highest BCUT2D eigenvalue weighted by atomic mass is 32.1. The quantitative estimate of drug-likeness (QED) is 0.108. The highest BCUT2D eigenvalue weighted by Crippen LogP contribution is 2.30. The summed E-state index contributed by atoms with van der Waals surface area (Å²) < 4.78 is 10.8. The number of nitrogens with zero attached hydrogens (tertiary/aromatic N) is 2. The van der Waals surface area contributed by atoms with E-state index in [-0.39, 0.29) is 11.9 Å². The Labute approximate surface area is 222 Å². The predicted molar refractivity (Wildman–Crippen MR) is 150 cm³/mol. The number of carbonyl (C=O) groups excluding carboxylic acids is 1. The van der Waals surface area contributed by atoms with Crippen LogP contribution in [0.1, 0.15) is 29.2 Å². The van der Waals surface area contributed by atoms with Crippen molar-refractivity contribution in [2.45, 2.75) is 13.8 Å². The Morgan fingerprint density at radius 1 is 1.13 bits per heavy atom. The standard InChI is InChI=1S/C30H23N3O4S/c1-18(2)16-36-29(34)20-7-10-22(11-8-20)32-15-21(14-31)28-33-26(17-38-28)25-13-24-23-6-4-3-5-19(23)9-12-27(24)37-30(25)35/h3-13,15,17-18,32H,16H2,1-2H3. The molecule has 0 fully saturated rings. The first kappa shape index (κ1) is 24.9. The number of fused-ring (bicyclic) bond motifs is 3. The molecule has 1 N–H and O–H groups in total. The monoisotopic (exact) mass is 521 g/mol. The summed E-state index contributed by atoms with van der Waals surface area (Å²) in [6, 6.07) is 22.3. The molecule has 0 amide bonds. The van der Waals surface area contributed by atoms with Crippen molar-refractivity contribution in [1.82, 2.24) is 4.98 Å². The zero-order chi connectivity index (χ0) is 26.6. The SMILES string of the molecule is CC(C)COC(=O)c1ccc(NC=C(C#N)c2nc(-c3cc4c(ccc5ccccc54)oc3=O)cs2)cc1. The summed E-state index contributed by atoms with van der Waals surface area (Å²) in [5.74, 6) is -0.114. The number of benzene rings is 3. The third-order valence-electron chi connectivity index (χ3n) is 5.82. The maximum atomic E-state index is 12.8. The Kier molecular flexibility index (Phi) is 7.03. The zero-order valence-electron chi connectivity index (χ0n) is 20.7. The number of rotatable bonds is 7. The lowest BCUT2D eigenvalue weighted by molar-refractivity contribution is 0.0459. The molecular formula is C30H23N3O4S. The summed E-state index contributed by atoms with van der Waals surface area (Å²) in [6.07, 6.45) is 1.55. The van der Waals surface area contributed by atoms with E-state index >= 15 is 0 Å². The van der Waals surface area contributed by atoms with Gasteiger partial charge in [0.1, 0.15) is 22.2 Å². The minimum Gasteiger partial charge on any atom is -0.462 e. The van der Waals surface area contributed by atoms with Gasteiger partial charge in [-0.25, -0.2) is 14.6 Å². The summed E-state index contributed by atoms with van der Waals surface area (Å²) in [5, 5.41) is 17.8. The van der Waals surface area contributed by atoms with Gasteiger partial charge in [-0.1, -0.05) is 44.2 Å². The van der Waals surface area contributed by atoms with Crippen LogP contribution in [0.25, 0.3) is 38.6 Å². The molecule has 188 valence electrons. The van der Waals surface area contributed by atoms with Crippen LogP contribution in [0.4, 0.5) is 5.69 Å². The van der Waals surface area contributed by atoms with Crippen molar-refractivity contribution in [3.8, 4) is 17.3 Å². The van der Waals surface area contributed by atoms with Crippen molar-refractivity contribution in [1.29, 1.82) is 5.26 Å². The van der Waals surface area contributed by atoms with Crippen molar-refractivity contribution in [2.24, 2.45) is 5.92 Å². The van der Waals surface area contributed by atoms with Gasteiger partial charge in [0.05, 0.1) is 23.4 Å². The molecule has 3 aromatic carbocycles. The van der Waals surface area contributed by atoms with Crippen LogP contribution >= 0.6 is 11.3 Å². The zero-order valence-corrected chi connectivity index (χ0v) is 21.5. The number of nitrogens with one attached hydrogen (secondary N) is 1. The van der Waals surface area contributed by atoms with Crippen molar-refractivity contribution in [3.63, 3.8) is 0 Å². The third kappa shape index (κ3) is 5.19. The maximum absolute atomic E-state index is 12.8. The van der Waals surface area contributed by atoms with E-state index in [0.717, 1.165) is 16.2 Å². The predicted octanol–water partition coefficient (Wildman–Crippen LogP) is 6.86. The van der Waals surface area contributed by atoms with E-state index < -0.39 is 5.63 Å². The largest absolute Gasteiger partial charge is 0.462 e. The lowest BCUT2D eigenvalue weighted by atomic mass is 10.0. The van der Waals surface area contributed by atoms with E-state index in [2.05, 4.69) is 16.4 Å². The molecule has 5 rings (SSSR count). The van der Waals surface area contributed by atoms with Gasteiger partial charge in [0.25, 0.3) is 0 Å². The van der Waals surface area contributed by atoms with Gasteiger partial charge in [0.2, 0.25) is 0 Å². The van der Waals surface area contributed by atoms with Gasteiger partial charge >= 0.3 is 11.6 Å². The number of allylic oxidation sites excluding steroid dienone is 1. The van der Waals surface area contributed by atoms with Crippen LogP contribution in [-0.4, -0.2) is 17.6 Å². The van der Waals surface area contributed by atoms with Crippen LogP contribution in [0.5, 0.6) is 0 Å². The van der Waals surface area contributed by atoms with Gasteiger partial charge in [-0.3, -0.25) is 0 Å². The third-order valence-corrected chi connectivity index (χ3v) is 6.70. The number of carbonyl (C=O) groups is 1. The molecule has 0 bridgehead atoms. The van der Waals surface area contributed by atoms with Gasteiger partial charge < -0.3 is 14.5 Å². The lowest BCUT2D eigenvalue weighted by Crippen LogP contribution is -2.10. The van der Waals surface area contributed by atoms with E-state index in [1.165, 1.54) is 11.3 Å². The molecule has 7 nitrogen and oxygen atoms in total. The van der Waals surface area contributed by atoms with Crippen LogP contribution in [0, 0.1) is 17.2 Å².